The first-order chi connectivity index (χ1) is 8.75. The first-order valence-electron chi connectivity index (χ1n) is 7.38. The van der Waals surface area contributed by atoms with Gasteiger partial charge in [-0.15, -0.1) is 11.3 Å². The van der Waals surface area contributed by atoms with Crippen molar-refractivity contribution in [1.82, 2.24) is 4.98 Å². The summed E-state index contributed by atoms with van der Waals surface area (Å²) in [5, 5.41) is 1.34. The molecule has 4 aliphatic carbocycles. The Kier molecular flexibility index (Phi) is 2.56. The van der Waals surface area contributed by atoms with Crippen LogP contribution in [0.3, 0.4) is 0 Å². The molecule has 5 rings (SSSR count). The van der Waals surface area contributed by atoms with Crippen molar-refractivity contribution in [3.63, 3.8) is 0 Å². The lowest BCUT2D eigenvalue weighted by atomic mass is 9.49. The van der Waals surface area contributed by atoms with Gasteiger partial charge >= 0.3 is 0 Å². The van der Waals surface area contributed by atoms with Crippen LogP contribution in [0.2, 0.25) is 0 Å². The molecule has 4 saturated carbocycles. The van der Waals surface area contributed by atoms with Gasteiger partial charge in [0.05, 0.1) is 5.01 Å². The zero-order valence-corrected chi connectivity index (χ0v) is 11.7. The number of thiazole rings is 1. The number of hydrogen-bond acceptors (Lipinski definition) is 3. The van der Waals surface area contributed by atoms with Crippen LogP contribution in [0.1, 0.15) is 48.4 Å². The second-order valence-corrected chi connectivity index (χ2v) is 8.22. The van der Waals surface area contributed by atoms with Crippen molar-refractivity contribution in [3.05, 3.63) is 16.1 Å². The summed E-state index contributed by atoms with van der Waals surface area (Å²) >= 11 is 1.85. The minimum absolute atomic E-state index is 0.623. The summed E-state index contributed by atoms with van der Waals surface area (Å²) in [6.45, 7) is 0.651. The lowest BCUT2D eigenvalue weighted by molar-refractivity contribution is -0.0521. The molecule has 0 spiro atoms. The zero-order chi connectivity index (χ0) is 12.2. The van der Waals surface area contributed by atoms with E-state index in [0.29, 0.717) is 12.0 Å². The second kappa shape index (κ2) is 4.04. The van der Waals surface area contributed by atoms with Crippen molar-refractivity contribution >= 4 is 11.3 Å². The maximum Gasteiger partial charge on any atom is 0.0933 e. The largest absolute Gasteiger partial charge is 0.326 e. The van der Waals surface area contributed by atoms with E-state index in [-0.39, 0.29) is 0 Å². The fourth-order valence-electron chi connectivity index (χ4n) is 5.35. The van der Waals surface area contributed by atoms with Crippen molar-refractivity contribution in [2.24, 2.45) is 28.9 Å². The van der Waals surface area contributed by atoms with Crippen LogP contribution in [-0.4, -0.2) is 4.98 Å². The summed E-state index contributed by atoms with van der Waals surface area (Å²) in [5.74, 6) is 3.14. The first-order valence-corrected chi connectivity index (χ1v) is 8.20. The van der Waals surface area contributed by atoms with Crippen LogP contribution in [0.5, 0.6) is 0 Å². The van der Waals surface area contributed by atoms with Gasteiger partial charge in [-0.25, -0.2) is 4.98 Å². The summed E-state index contributed by atoms with van der Waals surface area (Å²) in [7, 11) is 0. The van der Waals surface area contributed by atoms with Gasteiger partial charge < -0.3 is 5.73 Å². The van der Waals surface area contributed by atoms with Gasteiger partial charge in [0.15, 0.2) is 0 Å². The van der Waals surface area contributed by atoms with Crippen molar-refractivity contribution in [2.75, 3.05) is 0 Å². The molecule has 0 unspecified atom stereocenters. The Morgan fingerprint density at radius 3 is 2.28 bits per heavy atom. The van der Waals surface area contributed by atoms with Crippen LogP contribution < -0.4 is 5.73 Å². The second-order valence-electron chi connectivity index (χ2n) is 7.02. The molecule has 1 aromatic heterocycles. The van der Waals surface area contributed by atoms with Gasteiger partial charge in [0.25, 0.3) is 0 Å². The van der Waals surface area contributed by atoms with E-state index in [4.69, 9.17) is 5.73 Å². The predicted molar refractivity (Wildman–Crippen MR) is 74.3 cm³/mol. The van der Waals surface area contributed by atoms with E-state index < -0.39 is 0 Å². The van der Waals surface area contributed by atoms with Crippen molar-refractivity contribution in [3.8, 4) is 0 Å². The van der Waals surface area contributed by atoms with E-state index >= 15 is 0 Å². The minimum Gasteiger partial charge on any atom is -0.326 e. The van der Waals surface area contributed by atoms with Gasteiger partial charge in [-0.2, -0.15) is 0 Å². The van der Waals surface area contributed by atoms with Gasteiger partial charge in [-0.1, -0.05) is 0 Å². The number of aromatic nitrogens is 1. The summed E-state index contributed by atoms with van der Waals surface area (Å²) < 4.78 is 0. The first kappa shape index (κ1) is 11.4. The minimum atomic E-state index is 0.623. The molecular weight excluding hydrogens is 240 g/mol. The Hall–Kier alpha value is -0.410. The van der Waals surface area contributed by atoms with Crippen molar-refractivity contribution in [1.29, 1.82) is 0 Å². The van der Waals surface area contributed by atoms with Crippen LogP contribution in [-0.2, 0) is 13.0 Å². The SMILES string of the molecule is NCc1cnc(CC23CC4CC(CC(C4)C2)C3)s1. The van der Waals surface area contributed by atoms with Gasteiger partial charge in [0.1, 0.15) is 0 Å². The highest BCUT2D eigenvalue weighted by atomic mass is 32.1. The predicted octanol–water partition coefficient (Wildman–Crippen LogP) is 3.36. The molecule has 1 aromatic rings. The number of nitrogens with zero attached hydrogens (tertiary/aromatic N) is 1. The highest BCUT2D eigenvalue weighted by Gasteiger charge is 2.50. The van der Waals surface area contributed by atoms with E-state index in [1.54, 1.807) is 0 Å². The summed E-state index contributed by atoms with van der Waals surface area (Å²) in [6, 6.07) is 0. The van der Waals surface area contributed by atoms with Crippen molar-refractivity contribution < 1.29 is 0 Å². The van der Waals surface area contributed by atoms with Gasteiger partial charge in [-0.05, 0) is 61.7 Å². The van der Waals surface area contributed by atoms with Gasteiger partial charge in [-0.3, -0.25) is 0 Å². The smallest absolute Gasteiger partial charge is 0.0933 e. The Morgan fingerprint density at radius 1 is 1.17 bits per heavy atom. The molecule has 1 heterocycles. The third-order valence-corrected chi connectivity index (χ3v) is 6.51. The van der Waals surface area contributed by atoms with E-state index in [1.165, 1.54) is 54.8 Å². The van der Waals surface area contributed by atoms with Crippen molar-refractivity contribution in [2.45, 2.75) is 51.5 Å². The fraction of sp³-hybridized carbons (Fsp3) is 0.800. The summed E-state index contributed by atoms with van der Waals surface area (Å²) in [5.41, 5.74) is 6.32. The average molecular weight is 262 g/mol. The molecule has 0 aromatic carbocycles. The molecule has 0 saturated heterocycles. The van der Waals surface area contributed by atoms with Gasteiger partial charge in [0, 0.05) is 24.0 Å². The van der Waals surface area contributed by atoms with Gasteiger partial charge in [0.2, 0.25) is 0 Å². The molecule has 0 atom stereocenters. The van der Waals surface area contributed by atoms with Crippen LogP contribution in [0, 0.1) is 23.2 Å². The van der Waals surface area contributed by atoms with Crippen LogP contribution >= 0.6 is 11.3 Å². The molecule has 0 aliphatic heterocycles. The van der Waals surface area contributed by atoms with E-state index in [2.05, 4.69) is 4.98 Å². The number of hydrogen-bond donors (Lipinski definition) is 1. The maximum absolute atomic E-state index is 5.69. The molecule has 2 nitrogen and oxygen atoms in total. The Balaban J connectivity index is 1.56. The summed E-state index contributed by atoms with van der Waals surface area (Å²) in [6.07, 6.45) is 12.3. The van der Waals surface area contributed by atoms with Crippen LogP contribution in [0.4, 0.5) is 0 Å². The zero-order valence-electron chi connectivity index (χ0n) is 10.9. The third-order valence-electron chi connectivity index (χ3n) is 5.49. The molecular formula is C15H22N2S. The average Bonchev–Trinajstić information content (AvgIpc) is 2.74. The van der Waals surface area contributed by atoms with E-state index in [0.717, 1.165) is 17.8 Å². The summed E-state index contributed by atoms with van der Waals surface area (Å²) in [4.78, 5) is 5.85. The highest BCUT2D eigenvalue weighted by Crippen LogP contribution is 2.61. The maximum atomic E-state index is 5.69. The standard InChI is InChI=1S/C15H22N2S/c16-8-13-9-17-14(18-13)7-15-4-10-1-11(5-15)3-12(2-10)6-15/h9-12H,1-8,16H2. The lowest BCUT2D eigenvalue weighted by Gasteiger charge is -2.56. The molecule has 2 N–H and O–H groups in total. The molecule has 3 heteroatoms. The lowest BCUT2D eigenvalue weighted by Crippen LogP contribution is -2.47. The Bertz CT molecular complexity index is 416. The number of rotatable bonds is 3. The number of nitrogens with two attached hydrogens (primary N) is 1. The van der Waals surface area contributed by atoms with Crippen LogP contribution in [0.15, 0.2) is 6.20 Å². The molecule has 4 fully saturated rings. The normalized spacial score (nSPS) is 41.5. The molecule has 4 aliphatic rings. The van der Waals surface area contributed by atoms with E-state index in [9.17, 15) is 0 Å². The quantitative estimate of drug-likeness (QED) is 0.907. The van der Waals surface area contributed by atoms with Crippen LogP contribution in [0.25, 0.3) is 0 Å². The third kappa shape index (κ3) is 1.83. The topological polar surface area (TPSA) is 38.9 Å². The highest BCUT2D eigenvalue weighted by molar-refractivity contribution is 7.11. The molecule has 0 radical (unpaired) electrons. The fourth-order valence-corrected chi connectivity index (χ4v) is 6.33. The molecule has 4 bridgehead atoms. The molecule has 18 heavy (non-hydrogen) atoms. The van der Waals surface area contributed by atoms with E-state index in [1.807, 2.05) is 17.5 Å². The molecule has 98 valence electrons. The molecule has 0 amide bonds. The monoisotopic (exact) mass is 262 g/mol. The Morgan fingerprint density at radius 2 is 1.78 bits per heavy atom. The Labute approximate surface area is 113 Å².